The quantitative estimate of drug-likeness (QED) is 0.926. The van der Waals surface area contributed by atoms with Crippen LogP contribution < -0.4 is 0 Å². The molecule has 0 saturated carbocycles. The van der Waals surface area contributed by atoms with Crippen molar-refractivity contribution in [2.24, 2.45) is 5.92 Å². The molecule has 0 radical (unpaired) electrons. The number of benzene rings is 1. The third-order valence-corrected chi connectivity index (χ3v) is 4.05. The van der Waals surface area contributed by atoms with Gasteiger partial charge >= 0.3 is 0 Å². The molecule has 1 saturated heterocycles. The molecule has 0 spiro atoms. The highest BCUT2D eigenvalue weighted by Gasteiger charge is 2.20. The molecule has 1 N–H and O–H groups in total. The molecule has 114 valence electrons. The molecule has 1 fully saturated rings. The van der Waals surface area contributed by atoms with Crippen LogP contribution in [0.4, 0.5) is 0 Å². The topological polar surface area (TPSA) is 86.2 Å². The van der Waals surface area contributed by atoms with E-state index < -0.39 is 0 Å². The van der Waals surface area contributed by atoms with E-state index in [1.165, 1.54) is 0 Å². The fourth-order valence-corrected chi connectivity index (χ4v) is 2.64. The second-order valence-electron chi connectivity index (χ2n) is 5.59. The van der Waals surface area contributed by atoms with Gasteiger partial charge < -0.3 is 9.52 Å². The van der Waals surface area contributed by atoms with Gasteiger partial charge in [-0.05, 0) is 56.1 Å². The van der Waals surface area contributed by atoms with E-state index in [1.807, 2.05) is 12.1 Å². The summed E-state index contributed by atoms with van der Waals surface area (Å²) in [7, 11) is 0. The van der Waals surface area contributed by atoms with Crippen molar-refractivity contribution in [2.45, 2.75) is 19.4 Å². The highest BCUT2D eigenvalue weighted by molar-refractivity contribution is 5.54. The molecule has 0 atom stereocenters. The van der Waals surface area contributed by atoms with E-state index in [9.17, 15) is 0 Å². The van der Waals surface area contributed by atoms with E-state index in [2.05, 4.69) is 21.2 Å². The van der Waals surface area contributed by atoms with Gasteiger partial charge in [0.15, 0.2) is 0 Å². The molecule has 0 unspecified atom stereocenters. The molecular formula is C16H18N4O2. The fourth-order valence-electron chi connectivity index (χ4n) is 2.64. The standard InChI is InChI=1S/C16H18N4O2/c17-9-12-1-3-14(4-2-12)16-19-18-15(22-16)10-20-7-5-13(11-21)6-8-20/h1-4,13,21H,5-8,10-11H2. The Morgan fingerprint density at radius 3 is 2.59 bits per heavy atom. The molecule has 22 heavy (non-hydrogen) atoms. The number of hydrogen-bond donors (Lipinski definition) is 1. The van der Waals surface area contributed by atoms with Crippen LogP contribution >= 0.6 is 0 Å². The highest BCUT2D eigenvalue weighted by Crippen LogP contribution is 2.21. The normalized spacial score (nSPS) is 16.5. The first kappa shape index (κ1) is 14.7. The summed E-state index contributed by atoms with van der Waals surface area (Å²) in [6, 6.07) is 9.17. The van der Waals surface area contributed by atoms with Crippen molar-refractivity contribution in [3.05, 3.63) is 35.7 Å². The van der Waals surface area contributed by atoms with E-state index in [0.717, 1.165) is 31.5 Å². The molecule has 2 aromatic rings. The average Bonchev–Trinajstić information content (AvgIpc) is 3.04. The lowest BCUT2D eigenvalue weighted by molar-refractivity contribution is 0.121. The molecule has 0 amide bonds. The fraction of sp³-hybridized carbons (Fsp3) is 0.438. The van der Waals surface area contributed by atoms with Gasteiger partial charge in [0.05, 0.1) is 18.2 Å². The summed E-state index contributed by atoms with van der Waals surface area (Å²) in [4.78, 5) is 2.27. The Kier molecular flexibility index (Phi) is 4.47. The van der Waals surface area contributed by atoms with Crippen molar-refractivity contribution in [3.8, 4) is 17.5 Å². The first-order valence-electron chi connectivity index (χ1n) is 7.44. The first-order valence-corrected chi connectivity index (χ1v) is 7.44. The van der Waals surface area contributed by atoms with Gasteiger partial charge in [0.1, 0.15) is 0 Å². The minimum atomic E-state index is 0.275. The Morgan fingerprint density at radius 1 is 1.23 bits per heavy atom. The Hall–Kier alpha value is -2.23. The molecule has 2 heterocycles. The molecule has 1 aromatic carbocycles. The molecule has 0 aliphatic carbocycles. The Labute approximate surface area is 129 Å². The summed E-state index contributed by atoms with van der Waals surface area (Å²) in [5.74, 6) is 1.50. The van der Waals surface area contributed by atoms with Gasteiger partial charge in [-0.15, -0.1) is 10.2 Å². The van der Waals surface area contributed by atoms with Crippen molar-refractivity contribution in [3.63, 3.8) is 0 Å². The summed E-state index contributed by atoms with van der Waals surface area (Å²) in [6.07, 6.45) is 2.01. The van der Waals surface area contributed by atoms with Gasteiger partial charge in [0.2, 0.25) is 11.8 Å². The molecule has 6 nitrogen and oxygen atoms in total. The van der Waals surface area contributed by atoms with Gasteiger partial charge in [0, 0.05) is 12.2 Å². The smallest absolute Gasteiger partial charge is 0.247 e. The number of likely N-dealkylation sites (tertiary alicyclic amines) is 1. The zero-order valence-corrected chi connectivity index (χ0v) is 12.3. The van der Waals surface area contributed by atoms with Crippen molar-refractivity contribution in [1.29, 1.82) is 5.26 Å². The number of nitriles is 1. The maximum Gasteiger partial charge on any atom is 0.247 e. The molecule has 0 bridgehead atoms. The van der Waals surface area contributed by atoms with Crippen LogP contribution in [0.2, 0.25) is 0 Å². The largest absolute Gasteiger partial charge is 0.419 e. The van der Waals surface area contributed by atoms with Gasteiger partial charge in [0.25, 0.3) is 0 Å². The summed E-state index contributed by atoms with van der Waals surface area (Å²) in [5, 5.41) is 26.1. The van der Waals surface area contributed by atoms with Gasteiger partial charge in [-0.25, -0.2) is 0 Å². The number of piperidine rings is 1. The van der Waals surface area contributed by atoms with E-state index in [4.69, 9.17) is 14.8 Å². The summed E-state index contributed by atoms with van der Waals surface area (Å²) >= 11 is 0. The van der Waals surface area contributed by atoms with E-state index in [0.29, 0.717) is 29.8 Å². The maximum atomic E-state index is 9.15. The van der Waals surface area contributed by atoms with Crippen molar-refractivity contribution >= 4 is 0 Å². The summed E-state index contributed by atoms with van der Waals surface area (Å²) in [5.41, 5.74) is 1.42. The number of nitrogens with zero attached hydrogens (tertiary/aromatic N) is 4. The van der Waals surface area contributed by atoms with Crippen molar-refractivity contribution in [2.75, 3.05) is 19.7 Å². The van der Waals surface area contributed by atoms with Gasteiger partial charge in [-0.2, -0.15) is 5.26 Å². The molecule has 1 aliphatic rings. The molecule has 1 aliphatic heterocycles. The molecule has 6 heteroatoms. The summed E-state index contributed by atoms with van der Waals surface area (Å²) < 4.78 is 5.70. The second-order valence-corrected chi connectivity index (χ2v) is 5.59. The maximum absolute atomic E-state index is 9.15. The van der Waals surface area contributed by atoms with Crippen LogP contribution in [0.25, 0.3) is 11.5 Å². The van der Waals surface area contributed by atoms with Crippen LogP contribution in [0.3, 0.4) is 0 Å². The number of aliphatic hydroxyl groups excluding tert-OH is 1. The predicted octanol–water partition coefficient (Wildman–Crippen LogP) is 1.81. The number of hydrogen-bond acceptors (Lipinski definition) is 6. The van der Waals surface area contributed by atoms with Crippen LogP contribution in [0.1, 0.15) is 24.3 Å². The Bertz CT molecular complexity index is 652. The Morgan fingerprint density at radius 2 is 1.95 bits per heavy atom. The number of aromatic nitrogens is 2. The first-order chi connectivity index (χ1) is 10.8. The van der Waals surface area contributed by atoms with Gasteiger partial charge in [-0.1, -0.05) is 0 Å². The monoisotopic (exact) mass is 298 g/mol. The van der Waals surface area contributed by atoms with Crippen LogP contribution in [0.15, 0.2) is 28.7 Å². The number of aliphatic hydroxyl groups is 1. The Balaban J connectivity index is 1.62. The highest BCUT2D eigenvalue weighted by atomic mass is 16.4. The summed E-state index contributed by atoms with van der Waals surface area (Å²) in [6.45, 7) is 2.80. The van der Waals surface area contributed by atoms with Crippen LogP contribution in [0, 0.1) is 17.2 Å². The van der Waals surface area contributed by atoms with Gasteiger partial charge in [-0.3, -0.25) is 4.90 Å². The lowest BCUT2D eigenvalue weighted by Gasteiger charge is -2.29. The predicted molar refractivity (Wildman–Crippen MR) is 79.5 cm³/mol. The van der Waals surface area contributed by atoms with Crippen LogP contribution in [0.5, 0.6) is 0 Å². The molecular weight excluding hydrogens is 280 g/mol. The third kappa shape index (κ3) is 3.32. The second kappa shape index (κ2) is 6.69. The molecule has 1 aromatic heterocycles. The zero-order valence-electron chi connectivity index (χ0n) is 12.3. The van der Waals surface area contributed by atoms with Crippen LogP contribution in [-0.2, 0) is 6.54 Å². The SMILES string of the molecule is N#Cc1ccc(-c2nnc(CN3CCC(CO)CC3)o2)cc1. The van der Waals surface area contributed by atoms with Crippen molar-refractivity contribution in [1.82, 2.24) is 15.1 Å². The lowest BCUT2D eigenvalue weighted by Crippen LogP contribution is -2.34. The molecule has 3 rings (SSSR count). The van der Waals surface area contributed by atoms with Crippen molar-refractivity contribution < 1.29 is 9.52 Å². The van der Waals surface area contributed by atoms with E-state index in [-0.39, 0.29) is 6.61 Å². The van der Waals surface area contributed by atoms with Crippen LogP contribution in [-0.4, -0.2) is 39.9 Å². The van der Waals surface area contributed by atoms with E-state index >= 15 is 0 Å². The minimum Gasteiger partial charge on any atom is -0.419 e. The average molecular weight is 298 g/mol. The lowest BCUT2D eigenvalue weighted by atomic mass is 9.98. The van der Waals surface area contributed by atoms with E-state index in [1.54, 1.807) is 12.1 Å². The third-order valence-electron chi connectivity index (χ3n) is 4.05. The number of rotatable bonds is 4. The minimum absolute atomic E-state index is 0.275. The zero-order chi connectivity index (χ0) is 15.4.